The van der Waals surface area contributed by atoms with Crippen LogP contribution in [0.3, 0.4) is 0 Å². The summed E-state index contributed by atoms with van der Waals surface area (Å²) in [6.07, 6.45) is 6.31. The largest absolute Gasteiger partial charge is 0.329 e. The van der Waals surface area contributed by atoms with Gasteiger partial charge in [-0.2, -0.15) is 0 Å². The van der Waals surface area contributed by atoms with Gasteiger partial charge in [0.2, 0.25) is 0 Å². The van der Waals surface area contributed by atoms with E-state index in [1.165, 1.54) is 37.8 Å². The highest BCUT2D eigenvalue weighted by Crippen LogP contribution is 2.28. The van der Waals surface area contributed by atoms with Crippen molar-refractivity contribution < 1.29 is 0 Å². The normalized spacial score (nSPS) is 25.6. The average Bonchev–Trinajstić information content (AvgIpc) is 2.53. The SMILES string of the molecule is CCC1CCN(C(CC)Cc2ccccc2)C(CN)C1. The van der Waals surface area contributed by atoms with Gasteiger partial charge in [0.05, 0.1) is 0 Å². The fourth-order valence-electron chi connectivity index (χ4n) is 3.62. The molecule has 0 spiro atoms. The first kappa shape index (κ1) is 15.5. The van der Waals surface area contributed by atoms with Crippen molar-refractivity contribution >= 4 is 0 Å². The number of likely N-dealkylation sites (tertiary alicyclic amines) is 1. The van der Waals surface area contributed by atoms with Crippen LogP contribution < -0.4 is 5.73 Å². The van der Waals surface area contributed by atoms with Crippen LogP contribution in [0.1, 0.15) is 45.1 Å². The smallest absolute Gasteiger partial charge is 0.0224 e. The highest BCUT2D eigenvalue weighted by Gasteiger charge is 2.30. The molecule has 0 bridgehead atoms. The maximum Gasteiger partial charge on any atom is 0.0224 e. The van der Waals surface area contributed by atoms with Crippen LogP contribution in [0.2, 0.25) is 0 Å². The van der Waals surface area contributed by atoms with Crippen LogP contribution in [0.15, 0.2) is 30.3 Å². The second kappa shape index (κ2) is 7.80. The number of nitrogens with two attached hydrogens (primary N) is 1. The van der Waals surface area contributed by atoms with Gasteiger partial charge in [-0.05, 0) is 43.7 Å². The predicted molar refractivity (Wildman–Crippen MR) is 86.8 cm³/mol. The van der Waals surface area contributed by atoms with Crippen molar-refractivity contribution in [1.82, 2.24) is 4.90 Å². The third-order valence-electron chi connectivity index (χ3n) is 4.97. The molecule has 1 saturated heterocycles. The lowest BCUT2D eigenvalue weighted by atomic mass is 9.86. The molecule has 1 heterocycles. The first-order valence-corrected chi connectivity index (χ1v) is 8.28. The molecule has 3 unspecified atom stereocenters. The van der Waals surface area contributed by atoms with Gasteiger partial charge in [-0.1, -0.05) is 50.6 Å². The van der Waals surface area contributed by atoms with Crippen molar-refractivity contribution in [1.29, 1.82) is 0 Å². The third-order valence-corrected chi connectivity index (χ3v) is 4.97. The Kier molecular flexibility index (Phi) is 6.06. The minimum absolute atomic E-state index is 0.586. The van der Waals surface area contributed by atoms with E-state index >= 15 is 0 Å². The van der Waals surface area contributed by atoms with E-state index in [9.17, 15) is 0 Å². The van der Waals surface area contributed by atoms with Crippen molar-refractivity contribution in [3.05, 3.63) is 35.9 Å². The molecule has 3 atom stereocenters. The van der Waals surface area contributed by atoms with Gasteiger partial charge < -0.3 is 5.73 Å². The van der Waals surface area contributed by atoms with Gasteiger partial charge in [0.15, 0.2) is 0 Å². The number of nitrogens with zero attached hydrogens (tertiary/aromatic N) is 1. The van der Waals surface area contributed by atoms with Crippen LogP contribution in [0, 0.1) is 5.92 Å². The van der Waals surface area contributed by atoms with Crippen molar-refractivity contribution in [2.75, 3.05) is 13.1 Å². The fourth-order valence-corrected chi connectivity index (χ4v) is 3.62. The Morgan fingerprint density at radius 2 is 2.00 bits per heavy atom. The molecule has 1 aromatic rings. The number of rotatable bonds is 6. The van der Waals surface area contributed by atoms with Crippen LogP contribution in [-0.2, 0) is 6.42 Å². The Balaban J connectivity index is 2.02. The highest BCUT2D eigenvalue weighted by molar-refractivity contribution is 5.16. The Bertz CT molecular complexity index is 376. The van der Waals surface area contributed by atoms with E-state index in [2.05, 4.69) is 49.1 Å². The molecule has 20 heavy (non-hydrogen) atoms. The predicted octanol–water partition coefficient (Wildman–Crippen LogP) is 3.46. The Morgan fingerprint density at radius 1 is 1.25 bits per heavy atom. The number of piperidine rings is 1. The van der Waals surface area contributed by atoms with E-state index < -0.39 is 0 Å². The van der Waals surface area contributed by atoms with E-state index in [1.54, 1.807) is 0 Å². The maximum absolute atomic E-state index is 6.05. The first-order chi connectivity index (χ1) is 9.78. The summed E-state index contributed by atoms with van der Waals surface area (Å²) in [5, 5.41) is 0. The molecule has 112 valence electrons. The first-order valence-electron chi connectivity index (χ1n) is 8.28. The van der Waals surface area contributed by atoms with E-state index in [0.29, 0.717) is 12.1 Å². The van der Waals surface area contributed by atoms with Gasteiger partial charge >= 0.3 is 0 Å². The number of benzene rings is 1. The van der Waals surface area contributed by atoms with Gasteiger partial charge in [0, 0.05) is 18.6 Å². The molecule has 0 aliphatic carbocycles. The number of hydrogen-bond acceptors (Lipinski definition) is 2. The molecule has 0 amide bonds. The number of hydrogen-bond donors (Lipinski definition) is 1. The molecule has 1 fully saturated rings. The monoisotopic (exact) mass is 274 g/mol. The average molecular weight is 274 g/mol. The van der Waals surface area contributed by atoms with Gasteiger partial charge in [0.25, 0.3) is 0 Å². The fraction of sp³-hybridized carbons (Fsp3) is 0.667. The molecule has 2 N–H and O–H groups in total. The van der Waals surface area contributed by atoms with Gasteiger partial charge in [-0.3, -0.25) is 4.90 Å². The molecule has 0 radical (unpaired) electrons. The zero-order valence-corrected chi connectivity index (χ0v) is 13.1. The minimum Gasteiger partial charge on any atom is -0.329 e. The van der Waals surface area contributed by atoms with Crippen LogP contribution >= 0.6 is 0 Å². The van der Waals surface area contributed by atoms with E-state index in [-0.39, 0.29) is 0 Å². The topological polar surface area (TPSA) is 29.3 Å². The summed E-state index contributed by atoms with van der Waals surface area (Å²) in [6.45, 7) is 6.66. The second-order valence-corrected chi connectivity index (χ2v) is 6.18. The summed E-state index contributed by atoms with van der Waals surface area (Å²) in [5.41, 5.74) is 7.51. The molecule has 0 aromatic heterocycles. The summed E-state index contributed by atoms with van der Waals surface area (Å²) in [4.78, 5) is 2.69. The standard InChI is InChI=1S/C18H30N2/c1-3-15-10-11-20(18(12-15)14-19)17(4-2)13-16-8-6-5-7-9-16/h5-9,15,17-18H,3-4,10-14,19H2,1-2H3. The molecule has 1 aliphatic heterocycles. The molecule has 1 aromatic carbocycles. The van der Waals surface area contributed by atoms with E-state index in [4.69, 9.17) is 5.73 Å². The van der Waals surface area contributed by atoms with Crippen molar-refractivity contribution in [2.24, 2.45) is 11.7 Å². The van der Waals surface area contributed by atoms with Crippen LogP contribution in [-0.4, -0.2) is 30.1 Å². The molecule has 1 aliphatic rings. The molecule has 2 nitrogen and oxygen atoms in total. The molecular weight excluding hydrogens is 244 g/mol. The molecule has 2 heteroatoms. The third kappa shape index (κ3) is 3.83. The summed E-state index contributed by atoms with van der Waals surface area (Å²) in [6, 6.07) is 12.1. The zero-order chi connectivity index (χ0) is 14.4. The molecular formula is C18H30N2. The second-order valence-electron chi connectivity index (χ2n) is 6.18. The zero-order valence-electron chi connectivity index (χ0n) is 13.1. The van der Waals surface area contributed by atoms with Crippen molar-refractivity contribution in [2.45, 2.75) is 58.0 Å². The Hall–Kier alpha value is -0.860. The van der Waals surface area contributed by atoms with Gasteiger partial charge in [-0.25, -0.2) is 0 Å². The van der Waals surface area contributed by atoms with E-state index in [1.807, 2.05) is 0 Å². The lowest BCUT2D eigenvalue weighted by molar-refractivity contribution is 0.0681. The maximum atomic E-state index is 6.05. The van der Waals surface area contributed by atoms with Crippen molar-refractivity contribution in [3.63, 3.8) is 0 Å². The summed E-state index contributed by atoms with van der Waals surface area (Å²) in [5.74, 6) is 0.883. The van der Waals surface area contributed by atoms with Crippen molar-refractivity contribution in [3.8, 4) is 0 Å². The summed E-state index contributed by atoms with van der Waals surface area (Å²) < 4.78 is 0. The highest BCUT2D eigenvalue weighted by atomic mass is 15.2. The van der Waals surface area contributed by atoms with Gasteiger partial charge in [-0.15, -0.1) is 0 Å². The van der Waals surface area contributed by atoms with Crippen LogP contribution in [0.4, 0.5) is 0 Å². The lowest BCUT2D eigenvalue weighted by Crippen LogP contribution is -2.52. The quantitative estimate of drug-likeness (QED) is 0.861. The lowest BCUT2D eigenvalue weighted by Gasteiger charge is -2.43. The van der Waals surface area contributed by atoms with Crippen LogP contribution in [0.25, 0.3) is 0 Å². The molecule has 0 saturated carbocycles. The minimum atomic E-state index is 0.586. The molecule has 2 rings (SSSR count). The summed E-state index contributed by atoms with van der Waals surface area (Å²) in [7, 11) is 0. The Labute approximate surface area is 124 Å². The van der Waals surface area contributed by atoms with E-state index in [0.717, 1.165) is 18.9 Å². The summed E-state index contributed by atoms with van der Waals surface area (Å²) >= 11 is 0. The Morgan fingerprint density at radius 3 is 2.60 bits per heavy atom. The van der Waals surface area contributed by atoms with Crippen LogP contribution in [0.5, 0.6) is 0 Å². The van der Waals surface area contributed by atoms with Gasteiger partial charge in [0.1, 0.15) is 0 Å².